The van der Waals surface area contributed by atoms with Crippen molar-refractivity contribution in [1.29, 1.82) is 0 Å². The summed E-state index contributed by atoms with van der Waals surface area (Å²) in [5, 5.41) is 12.8. The maximum absolute atomic E-state index is 12.3. The zero-order valence-corrected chi connectivity index (χ0v) is 13.5. The van der Waals surface area contributed by atoms with E-state index in [-0.39, 0.29) is 24.1 Å². The molecule has 1 heterocycles. The summed E-state index contributed by atoms with van der Waals surface area (Å²) >= 11 is 0. The molecule has 1 saturated heterocycles. The number of anilines is 1. The summed E-state index contributed by atoms with van der Waals surface area (Å²) in [6.45, 7) is 4.56. The van der Waals surface area contributed by atoms with Gasteiger partial charge in [0.1, 0.15) is 0 Å². The van der Waals surface area contributed by atoms with Crippen LogP contribution in [0.5, 0.6) is 0 Å². The van der Waals surface area contributed by atoms with Gasteiger partial charge in [0.25, 0.3) is 0 Å². The second-order valence-corrected chi connectivity index (χ2v) is 6.88. The van der Waals surface area contributed by atoms with E-state index in [9.17, 15) is 9.90 Å². The first-order valence-corrected chi connectivity index (χ1v) is 8.38. The first-order valence-electron chi connectivity index (χ1n) is 8.38. The average molecular weight is 302 g/mol. The van der Waals surface area contributed by atoms with Crippen LogP contribution in [0.15, 0.2) is 18.2 Å². The van der Waals surface area contributed by atoms with Gasteiger partial charge in [0.2, 0.25) is 5.91 Å². The Morgan fingerprint density at radius 1 is 1.23 bits per heavy atom. The maximum atomic E-state index is 12.3. The Kier molecular flexibility index (Phi) is 4.50. The van der Waals surface area contributed by atoms with Crippen LogP contribution < -0.4 is 5.32 Å². The molecule has 2 aliphatic rings. The number of fused-ring (bicyclic) bond motifs is 1. The van der Waals surface area contributed by atoms with Gasteiger partial charge in [0.15, 0.2) is 0 Å². The minimum atomic E-state index is -0.235. The van der Waals surface area contributed by atoms with Gasteiger partial charge in [0, 0.05) is 17.8 Å². The van der Waals surface area contributed by atoms with Gasteiger partial charge in [-0.15, -0.1) is 0 Å². The zero-order chi connectivity index (χ0) is 15.7. The Morgan fingerprint density at radius 3 is 2.64 bits per heavy atom. The molecule has 2 N–H and O–H groups in total. The number of aliphatic hydroxyl groups is 1. The smallest absolute Gasteiger partial charge is 0.238 e. The summed E-state index contributed by atoms with van der Waals surface area (Å²) in [5.41, 5.74) is 3.70. The first kappa shape index (κ1) is 15.5. The van der Waals surface area contributed by atoms with E-state index in [2.05, 4.69) is 36.2 Å². The molecule has 1 aromatic carbocycles. The summed E-state index contributed by atoms with van der Waals surface area (Å²) < 4.78 is 0. The molecule has 1 amide bonds. The third-order valence-corrected chi connectivity index (χ3v) is 5.07. The van der Waals surface area contributed by atoms with Crippen LogP contribution in [0.2, 0.25) is 0 Å². The third-order valence-electron chi connectivity index (χ3n) is 5.07. The van der Waals surface area contributed by atoms with E-state index >= 15 is 0 Å². The number of hydrogen-bond acceptors (Lipinski definition) is 3. The third kappa shape index (κ3) is 3.33. The maximum Gasteiger partial charge on any atom is 0.238 e. The summed E-state index contributed by atoms with van der Waals surface area (Å²) in [4.78, 5) is 14.5. The minimum Gasteiger partial charge on any atom is -0.393 e. The van der Waals surface area contributed by atoms with Gasteiger partial charge >= 0.3 is 0 Å². The van der Waals surface area contributed by atoms with E-state index < -0.39 is 0 Å². The summed E-state index contributed by atoms with van der Waals surface area (Å²) in [6.07, 6.45) is 4.76. The van der Waals surface area contributed by atoms with Crippen LogP contribution in [-0.2, 0) is 17.6 Å². The lowest BCUT2D eigenvalue weighted by Gasteiger charge is -2.40. The molecule has 0 spiro atoms. The predicted molar refractivity (Wildman–Crippen MR) is 88.0 cm³/mol. The average Bonchev–Trinajstić information content (AvgIpc) is 2.90. The van der Waals surface area contributed by atoms with Crippen LogP contribution in [0.4, 0.5) is 5.69 Å². The molecule has 0 aromatic heterocycles. The number of benzene rings is 1. The van der Waals surface area contributed by atoms with Gasteiger partial charge in [-0.1, -0.05) is 6.07 Å². The number of carbonyl (C=O) groups is 1. The van der Waals surface area contributed by atoms with Gasteiger partial charge in [-0.25, -0.2) is 0 Å². The molecular weight excluding hydrogens is 276 g/mol. The molecule has 0 radical (unpaired) electrons. The Hall–Kier alpha value is -1.39. The fourth-order valence-electron chi connectivity index (χ4n) is 3.92. The monoisotopic (exact) mass is 302 g/mol. The van der Waals surface area contributed by atoms with E-state index in [0.717, 1.165) is 31.4 Å². The van der Waals surface area contributed by atoms with E-state index in [0.29, 0.717) is 6.54 Å². The number of nitrogens with zero attached hydrogens (tertiary/aromatic N) is 1. The summed E-state index contributed by atoms with van der Waals surface area (Å²) in [7, 11) is 0. The molecule has 4 heteroatoms. The highest BCUT2D eigenvalue weighted by molar-refractivity contribution is 5.92. The highest BCUT2D eigenvalue weighted by Crippen LogP contribution is 2.25. The number of piperidine rings is 1. The number of amides is 1. The van der Waals surface area contributed by atoms with Crippen LogP contribution in [0, 0.1) is 0 Å². The second-order valence-electron chi connectivity index (χ2n) is 6.88. The molecule has 22 heavy (non-hydrogen) atoms. The molecule has 3 rings (SSSR count). The molecule has 0 saturated carbocycles. The van der Waals surface area contributed by atoms with Crippen LogP contribution in [0.25, 0.3) is 0 Å². The highest BCUT2D eigenvalue weighted by atomic mass is 16.3. The Morgan fingerprint density at radius 2 is 1.91 bits per heavy atom. The van der Waals surface area contributed by atoms with Crippen molar-refractivity contribution in [3.8, 4) is 0 Å². The molecule has 2 atom stereocenters. The van der Waals surface area contributed by atoms with Crippen molar-refractivity contribution in [3.05, 3.63) is 29.3 Å². The van der Waals surface area contributed by atoms with Crippen LogP contribution >= 0.6 is 0 Å². The lowest BCUT2D eigenvalue weighted by molar-refractivity contribution is -0.119. The SMILES string of the molecule is CC1CC(O)CC(C)N1CC(=O)Nc1ccc2c(c1)CCC2. The number of rotatable bonds is 3. The molecule has 2 unspecified atom stereocenters. The Balaban J connectivity index is 1.60. The predicted octanol–water partition coefficient (Wildman–Crippen LogP) is 2.35. The van der Waals surface area contributed by atoms with Gasteiger partial charge in [-0.05, 0) is 69.2 Å². The molecule has 1 fully saturated rings. The van der Waals surface area contributed by atoms with Gasteiger partial charge < -0.3 is 10.4 Å². The molecule has 120 valence electrons. The molecule has 0 bridgehead atoms. The van der Waals surface area contributed by atoms with Crippen molar-refractivity contribution in [2.75, 3.05) is 11.9 Å². The molecule has 1 aliphatic carbocycles. The van der Waals surface area contributed by atoms with Gasteiger partial charge in [0.05, 0.1) is 12.6 Å². The van der Waals surface area contributed by atoms with Crippen LogP contribution in [-0.4, -0.2) is 40.6 Å². The Labute approximate surface area is 132 Å². The lowest BCUT2D eigenvalue weighted by Crippen LogP contribution is -2.51. The molecule has 4 nitrogen and oxygen atoms in total. The summed E-state index contributed by atoms with van der Waals surface area (Å²) in [5.74, 6) is 0.0352. The number of aliphatic hydroxyl groups excluding tert-OH is 1. The second kappa shape index (κ2) is 6.39. The van der Waals surface area contributed by atoms with Gasteiger partial charge in [-0.3, -0.25) is 9.69 Å². The Bertz CT molecular complexity index is 546. The van der Waals surface area contributed by atoms with Crippen molar-refractivity contribution in [2.45, 2.75) is 64.1 Å². The zero-order valence-electron chi connectivity index (χ0n) is 13.5. The van der Waals surface area contributed by atoms with Crippen LogP contribution in [0.3, 0.4) is 0 Å². The summed E-state index contributed by atoms with van der Waals surface area (Å²) in [6, 6.07) is 6.75. The van der Waals surface area contributed by atoms with E-state index in [1.807, 2.05) is 6.07 Å². The van der Waals surface area contributed by atoms with Crippen LogP contribution in [0.1, 0.15) is 44.2 Å². The van der Waals surface area contributed by atoms with E-state index in [1.165, 1.54) is 17.5 Å². The topological polar surface area (TPSA) is 52.6 Å². The van der Waals surface area contributed by atoms with Crippen molar-refractivity contribution in [2.24, 2.45) is 0 Å². The molecular formula is C18H26N2O2. The van der Waals surface area contributed by atoms with Crippen molar-refractivity contribution >= 4 is 11.6 Å². The van der Waals surface area contributed by atoms with E-state index in [1.54, 1.807) is 0 Å². The fraction of sp³-hybridized carbons (Fsp3) is 0.611. The largest absolute Gasteiger partial charge is 0.393 e. The molecule has 1 aromatic rings. The number of nitrogens with one attached hydrogen (secondary N) is 1. The highest BCUT2D eigenvalue weighted by Gasteiger charge is 2.30. The first-order chi connectivity index (χ1) is 10.5. The molecule has 1 aliphatic heterocycles. The van der Waals surface area contributed by atoms with Crippen molar-refractivity contribution in [1.82, 2.24) is 4.90 Å². The number of likely N-dealkylation sites (tertiary alicyclic amines) is 1. The van der Waals surface area contributed by atoms with E-state index in [4.69, 9.17) is 0 Å². The quantitative estimate of drug-likeness (QED) is 0.901. The number of hydrogen-bond donors (Lipinski definition) is 2. The van der Waals surface area contributed by atoms with Crippen molar-refractivity contribution in [3.63, 3.8) is 0 Å². The normalized spacial score (nSPS) is 28.4. The van der Waals surface area contributed by atoms with Gasteiger partial charge in [-0.2, -0.15) is 0 Å². The number of carbonyl (C=O) groups excluding carboxylic acids is 1. The van der Waals surface area contributed by atoms with Crippen molar-refractivity contribution < 1.29 is 9.90 Å². The lowest BCUT2D eigenvalue weighted by atomic mass is 9.95. The standard InChI is InChI=1S/C18H26N2O2/c1-12-8-17(21)9-13(2)20(12)11-18(22)19-16-7-6-14-4-3-5-15(14)10-16/h6-7,10,12-13,17,21H,3-5,8-9,11H2,1-2H3,(H,19,22). The fourth-order valence-corrected chi connectivity index (χ4v) is 3.92. The minimum absolute atomic E-state index is 0.0352. The number of aryl methyl sites for hydroxylation is 2.